The monoisotopic (exact) mass is 253 g/mol. The Labute approximate surface area is 108 Å². The summed E-state index contributed by atoms with van der Waals surface area (Å²) in [5.74, 6) is -0.488. The van der Waals surface area contributed by atoms with Gasteiger partial charge in [-0.05, 0) is 19.1 Å². The molecule has 2 aromatic heterocycles. The van der Waals surface area contributed by atoms with Crippen molar-refractivity contribution in [1.29, 1.82) is 0 Å². The van der Waals surface area contributed by atoms with Crippen molar-refractivity contribution < 1.29 is 4.79 Å². The van der Waals surface area contributed by atoms with Gasteiger partial charge in [0.15, 0.2) is 11.3 Å². The van der Waals surface area contributed by atoms with Crippen LogP contribution in [0.1, 0.15) is 16.1 Å². The molecule has 0 bridgehead atoms. The molecule has 0 unspecified atom stereocenters. The highest BCUT2D eigenvalue weighted by atomic mass is 16.1. The number of hydrogen-bond donors (Lipinski definition) is 1. The van der Waals surface area contributed by atoms with E-state index in [1.54, 1.807) is 35.3 Å². The van der Waals surface area contributed by atoms with Gasteiger partial charge in [0, 0.05) is 0 Å². The van der Waals surface area contributed by atoms with Gasteiger partial charge in [-0.25, -0.2) is 15.0 Å². The average Bonchev–Trinajstić information content (AvgIpc) is 2.81. The van der Waals surface area contributed by atoms with Crippen molar-refractivity contribution >= 4 is 17.2 Å². The molecule has 94 valence electrons. The number of nitrogens with two attached hydrogens (primary N) is 1. The molecule has 0 aliphatic rings. The smallest absolute Gasteiger partial charge is 0.250 e. The number of amides is 1. The maximum absolute atomic E-state index is 11.5. The van der Waals surface area contributed by atoms with Crippen molar-refractivity contribution in [1.82, 2.24) is 19.5 Å². The van der Waals surface area contributed by atoms with Gasteiger partial charge in [0.2, 0.25) is 0 Å². The molecule has 2 N–H and O–H groups in total. The molecule has 0 aliphatic carbocycles. The molecule has 0 radical (unpaired) electrons. The summed E-state index contributed by atoms with van der Waals surface area (Å²) in [6, 6.07) is 7.06. The molecule has 19 heavy (non-hydrogen) atoms. The van der Waals surface area contributed by atoms with E-state index in [4.69, 9.17) is 5.73 Å². The second-order valence-electron chi connectivity index (χ2n) is 4.15. The van der Waals surface area contributed by atoms with Crippen molar-refractivity contribution in [2.24, 2.45) is 5.73 Å². The van der Waals surface area contributed by atoms with E-state index >= 15 is 0 Å². The Bertz CT molecular complexity index is 778. The van der Waals surface area contributed by atoms with Gasteiger partial charge in [-0.1, -0.05) is 12.1 Å². The van der Waals surface area contributed by atoms with Gasteiger partial charge >= 0.3 is 0 Å². The van der Waals surface area contributed by atoms with Crippen molar-refractivity contribution in [3.05, 3.63) is 48.0 Å². The van der Waals surface area contributed by atoms with E-state index in [-0.39, 0.29) is 0 Å². The van der Waals surface area contributed by atoms with Crippen LogP contribution in [0.4, 0.5) is 0 Å². The third-order valence-electron chi connectivity index (χ3n) is 2.81. The summed E-state index contributed by atoms with van der Waals surface area (Å²) in [5.41, 5.74) is 8.38. The van der Waals surface area contributed by atoms with Crippen LogP contribution in [0.2, 0.25) is 0 Å². The van der Waals surface area contributed by atoms with E-state index in [0.717, 1.165) is 5.69 Å². The van der Waals surface area contributed by atoms with Crippen molar-refractivity contribution in [3.8, 4) is 5.69 Å². The molecule has 1 amide bonds. The predicted molar refractivity (Wildman–Crippen MR) is 69.9 cm³/mol. The van der Waals surface area contributed by atoms with Crippen LogP contribution < -0.4 is 5.73 Å². The fourth-order valence-corrected chi connectivity index (χ4v) is 1.95. The highest BCUT2D eigenvalue weighted by Gasteiger charge is 2.13. The summed E-state index contributed by atoms with van der Waals surface area (Å²) in [5, 5.41) is 0. The summed E-state index contributed by atoms with van der Waals surface area (Å²) >= 11 is 0. The van der Waals surface area contributed by atoms with E-state index < -0.39 is 5.91 Å². The second kappa shape index (κ2) is 4.16. The van der Waals surface area contributed by atoms with Gasteiger partial charge in [0.1, 0.15) is 6.33 Å². The van der Waals surface area contributed by atoms with Crippen LogP contribution in [0.15, 0.2) is 36.8 Å². The lowest BCUT2D eigenvalue weighted by Gasteiger charge is -2.07. The molecule has 2 heterocycles. The van der Waals surface area contributed by atoms with Crippen LogP contribution in [0.5, 0.6) is 0 Å². The minimum absolute atomic E-state index is 0.421. The third kappa shape index (κ3) is 1.83. The molecule has 0 spiro atoms. The number of carbonyl (C=O) groups is 1. The zero-order valence-electron chi connectivity index (χ0n) is 10.2. The Balaban J connectivity index is 2.28. The van der Waals surface area contributed by atoms with Gasteiger partial charge in [0.25, 0.3) is 5.91 Å². The standard InChI is InChI=1S/C13H11N5O/c1-8-6-15-13-12(17-8)16-7-18(13)10-5-3-2-4-9(10)11(14)19/h2-7H,1H3,(H2,14,19). The van der Waals surface area contributed by atoms with Gasteiger partial charge in [-0.3, -0.25) is 9.36 Å². The second-order valence-corrected chi connectivity index (χ2v) is 4.15. The molecule has 6 heteroatoms. The number of rotatable bonds is 2. The van der Waals surface area contributed by atoms with Crippen molar-refractivity contribution in [2.75, 3.05) is 0 Å². The fraction of sp³-hybridized carbons (Fsp3) is 0.0769. The Morgan fingerprint density at radius 2 is 2.05 bits per heavy atom. The molecule has 0 aliphatic heterocycles. The normalized spacial score (nSPS) is 10.8. The molecule has 6 nitrogen and oxygen atoms in total. The maximum Gasteiger partial charge on any atom is 0.250 e. The first-order valence-corrected chi connectivity index (χ1v) is 5.73. The lowest BCUT2D eigenvalue weighted by molar-refractivity contribution is 0.100. The minimum atomic E-state index is -0.488. The number of fused-ring (bicyclic) bond motifs is 1. The van der Waals surface area contributed by atoms with E-state index in [1.807, 2.05) is 13.0 Å². The van der Waals surface area contributed by atoms with Crippen LogP contribution in [0.3, 0.4) is 0 Å². The summed E-state index contributed by atoms with van der Waals surface area (Å²) in [7, 11) is 0. The first kappa shape index (κ1) is 11.3. The number of aryl methyl sites for hydroxylation is 1. The quantitative estimate of drug-likeness (QED) is 0.744. The number of para-hydroxylation sites is 1. The zero-order chi connectivity index (χ0) is 13.4. The topological polar surface area (TPSA) is 86.7 Å². The van der Waals surface area contributed by atoms with Gasteiger partial charge in [-0.15, -0.1) is 0 Å². The molecule has 0 saturated heterocycles. The number of nitrogens with zero attached hydrogens (tertiary/aromatic N) is 4. The van der Waals surface area contributed by atoms with E-state index in [1.165, 1.54) is 0 Å². The van der Waals surface area contributed by atoms with E-state index in [9.17, 15) is 4.79 Å². The Hall–Kier alpha value is -2.76. The summed E-state index contributed by atoms with van der Waals surface area (Å²) < 4.78 is 1.71. The summed E-state index contributed by atoms with van der Waals surface area (Å²) in [6.45, 7) is 1.85. The third-order valence-corrected chi connectivity index (χ3v) is 2.81. The molecule has 3 rings (SSSR count). The number of primary amides is 1. The number of benzene rings is 1. The average molecular weight is 253 g/mol. The molecule has 1 aromatic carbocycles. The molecular formula is C13H11N5O. The van der Waals surface area contributed by atoms with E-state index in [0.29, 0.717) is 22.5 Å². The summed E-state index contributed by atoms with van der Waals surface area (Å²) in [4.78, 5) is 24.2. The van der Waals surface area contributed by atoms with Crippen LogP contribution in [0, 0.1) is 6.92 Å². The first-order valence-electron chi connectivity index (χ1n) is 5.73. The Morgan fingerprint density at radius 1 is 1.26 bits per heavy atom. The molecule has 0 saturated carbocycles. The van der Waals surface area contributed by atoms with Crippen molar-refractivity contribution in [3.63, 3.8) is 0 Å². The number of aromatic nitrogens is 4. The SMILES string of the molecule is Cc1cnc2c(ncn2-c2ccccc2C(N)=O)n1. The lowest BCUT2D eigenvalue weighted by Crippen LogP contribution is -2.14. The molecule has 3 aromatic rings. The first-order chi connectivity index (χ1) is 9.16. The van der Waals surface area contributed by atoms with Crippen LogP contribution in [-0.2, 0) is 0 Å². The zero-order valence-corrected chi connectivity index (χ0v) is 10.2. The Kier molecular flexibility index (Phi) is 2.49. The summed E-state index contributed by atoms with van der Waals surface area (Å²) in [6.07, 6.45) is 3.25. The predicted octanol–water partition coefficient (Wildman–Crippen LogP) is 1.22. The molecular weight excluding hydrogens is 242 g/mol. The molecule has 0 atom stereocenters. The van der Waals surface area contributed by atoms with Gasteiger partial charge < -0.3 is 5.73 Å². The highest BCUT2D eigenvalue weighted by Crippen LogP contribution is 2.18. The Morgan fingerprint density at radius 3 is 2.84 bits per heavy atom. The van der Waals surface area contributed by atoms with Gasteiger partial charge in [0.05, 0.1) is 23.1 Å². The van der Waals surface area contributed by atoms with Crippen LogP contribution in [0.25, 0.3) is 17.0 Å². The largest absolute Gasteiger partial charge is 0.366 e. The fourth-order valence-electron chi connectivity index (χ4n) is 1.95. The maximum atomic E-state index is 11.5. The number of imidazole rings is 1. The van der Waals surface area contributed by atoms with Crippen LogP contribution in [-0.4, -0.2) is 25.4 Å². The van der Waals surface area contributed by atoms with Crippen LogP contribution >= 0.6 is 0 Å². The van der Waals surface area contributed by atoms with Gasteiger partial charge in [-0.2, -0.15) is 0 Å². The highest BCUT2D eigenvalue weighted by molar-refractivity contribution is 5.97. The lowest BCUT2D eigenvalue weighted by atomic mass is 10.1. The minimum Gasteiger partial charge on any atom is -0.366 e. The number of hydrogen-bond acceptors (Lipinski definition) is 4. The molecule has 0 fully saturated rings. The number of carbonyl (C=O) groups excluding carboxylic acids is 1. The van der Waals surface area contributed by atoms with Crippen molar-refractivity contribution in [2.45, 2.75) is 6.92 Å². The van der Waals surface area contributed by atoms with E-state index in [2.05, 4.69) is 15.0 Å².